The summed E-state index contributed by atoms with van der Waals surface area (Å²) in [5, 5.41) is 18.3. The summed E-state index contributed by atoms with van der Waals surface area (Å²) in [4.78, 5) is 11.3. The smallest absolute Gasteiger partial charge is 0.336 e. The number of hydrogen-bond donors (Lipinski definition) is 3. The van der Waals surface area contributed by atoms with Crippen LogP contribution in [0.4, 0.5) is 5.69 Å². The van der Waals surface area contributed by atoms with E-state index in [1.54, 1.807) is 12.1 Å². The molecule has 0 amide bonds. The Bertz CT molecular complexity index is 405. The fourth-order valence-electron chi connectivity index (χ4n) is 1.17. The van der Waals surface area contributed by atoms with Crippen LogP contribution in [0.3, 0.4) is 0 Å². The van der Waals surface area contributed by atoms with E-state index in [1.807, 2.05) is 0 Å². The van der Waals surface area contributed by atoms with E-state index in [9.17, 15) is 4.79 Å². The number of carbonyl (C=O) groups is 1. The molecule has 6 heteroatoms. The van der Waals surface area contributed by atoms with Crippen molar-refractivity contribution >= 4 is 22.9 Å². The van der Waals surface area contributed by atoms with E-state index in [-0.39, 0.29) is 5.56 Å². The molecule has 1 heterocycles. The predicted octanol–water partition coefficient (Wildman–Crippen LogP) is 1.63. The number of hydrogen-bond acceptors (Lipinski definition) is 4. The minimum absolute atomic E-state index is 0.205. The average Bonchev–Trinajstić information content (AvgIpc) is 2.48. The molecule has 3 N–H and O–H groups in total. The predicted molar refractivity (Wildman–Crippen MR) is 49.4 cm³/mol. The number of aromatic carboxylic acids is 1. The summed E-state index contributed by atoms with van der Waals surface area (Å²) in [6.45, 7) is 0. The molecule has 0 saturated heterocycles. The maximum absolute atomic E-state index is 10.8. The van der Waals surface area contributed by atoms with E-state index in [0.29, 0.717) is 10.6 Å². The lowest BCUT2D eigenvalue weighted by Gasteiger charge is -2.07. The minimum Gasteiger partial charge on any atom is -0.478 e. The molecule has 13 heavy (non-hydrogen) atoms. The first kappa shape index (κ1) is 8.21. The summed E-state index contributed by atoms with van der Waals surface area (Å²) < 4.78 is 3.75. The first-order valence-electron chi connectivity index (χ1n) is 3.53. The summed E-state index contributed by atoms with van der Waals surface area (Å²) in [6, 6.07) is 4.86. The monoisotopic (exact) mass is 197 g/mol. The summed E-state index contributed by atoms with van der Waals surface area (Å²) in [5.41, 5.74) is 0.782. The lowest BCUT2D eigenvalue weighted by molar-refractivity contribution is 0.0693. The number of rotatable bonds is 1. The third-order valence-corrected chi connectivity index (χ3v) is 2.93. The summed E-state index contributed by atoms with van der Waals surface area (Å²) in [7, 11) is 0. The fourth-order valence-corrected chi connectivity index (χ4v) is 2.22. The zero-order chi connectivity index (χ0) is 9.42. The van der Waals surface area contributed by atoms with Crippen LogP contribution in [-0.2, 0) is 0 Å². The van der Waals surface area contributed by atoms with Crippen molar-refractivity contribution in [1.82, 2.24) is 0 Å². The Morgan fingerprint density at radius 1 is 1.54 bits per heavy atom. The van der Waals surface area contributed by atoms with Crippen molar-refractivity contribution in [3.63, 3.8) is 0 Å². The van der Waals surface area contributed by atoms with Crippen LogP contribution in [0.5, 0.6) is 0 Å². The SMILES string of the molecule is N[SH]1N=Nc2cccc(C(=O)O)c21. The van der Waals surface area contributed by atoms with Gasteiger partial charge in [-0.25, -0.2) is 4.79 Å². The number of benzene rings is 1. The Hall–Kier alpha value is -1.40. The van der Waals surface area contributed by atoms with Crippen molar-refractivity contribution in [3.8, 4) is 0 Å². The van der Waals surface area contributed by atoms with Gasteiger partial charge in [0.05, 0.1) is 10.5 Å². The molecule has 1 unspecified atom stereocenters. The van der Waals surface area contributed by atoms with Gasteiger partial charge >= 0.3 is 5.97 Å². The molecular formula is C7H7N3O2S. The Morgan fingerprint density at radius 3 is 3.00 bits per heavy atom. The number of fused-ring (bicyclic) bond motifs is 1. The molecule has 0 fully saturated rings. The second kappa shape index (κ2) is 2.82. The highest BCUT2D eigenvalue weighted by atomic mass is 32.2. The van der Waals surface area contributed by atoms with E-state index in [4.69, 9.17) is 10.2 Å². The number of nitrogens with two attached hydrogens (primary N) is 1. The Labute approximate surface area is 76.9 Å². The van der Waals surface area contributed by atoms with Gasteiger partial charge in [-0.2, -0.15) is 0 Å². The van der Waals surface area contributed by atoms with Gasteiger partial charge in [0.1, 0.15) is 5.69 Å². The lowest BCUT2D eigenvalue weighted by atomic mass is 10.2. The Morgan fingerprint density at radius 2 is 2.31 bits per heavy atom. The van der Waals surface area contributed by atoms with Gasteiger partial charge in [0.25, 0.3) is 0 Å². The van der Waals surface area contributed by atoms with E-state index in [0.717, 1.165) is 0 Å². The quantitative estimate of drug-likeness (QED) is 0.598. The van der Waals surface area contributed by atoms with Gasteiger partial charge in [0, 0.05) is 0 Å². The molecule has 2 rings (SSSR count). The largest absolute Gasteiger partial charge is 0.478 e. The fraction of sp³-hybridized carbons (Fsp3) is 0. The van der Waals surface area contributed by atoms with Crippen LogP contribution in [0.2, 0.25) is 0 Å². The van der Waals surface area contributed by atoms with Gasteiger partial charge in [-0.1, -0.05) is 17.3 Å². The first-order valence-corrected chi connectivity index (χ1v) is 4.89. The minimum atomic E-state index is -1.26. The molecular weight excluding hydrogens is 190 g/mol. The molecule has 5 nitrogen and oxygen atoms in total. The summed E-state index contributed by atoms with van der Waals surface area (Å²) >= 11 is -1.26. The Balaban J connectivity index is 2.64. The highest BCUT2D eigenvalue weighted by Crippen LogP contribution is 2.46. The molecule has 0 saturated carbocycles. The average molecular weight is 197 g/mol. The van der Waals surface area contributed by atoms with Crippen molar-refractivity contribution in [2.45, 2.75) is 4.90 Å². The van der Waals surface area contributed by atoms with Gasteiger partial charge < -0.3 is 5.11 Å². The number of carboxylic acid groups (broad SMARTS) is 1. The molecule has 0 spiro atoms. The van der Waals surface area contributed by atoms with Crippen molar-refractivity contribution in [2.75, 3.05) is 0 Å². The highest BCUT2D eigenvalue weighted by Gasteiger charge is 2.21. The van der Waals surface area contributed by atoms with Gasteiger partial charge in [-0.15, -0.1) is 9.63 Å². The van der Waals surface area contributed by atoms with E-state index in [2.05, 4.69) is 9.63 Å². The molecule has 68 valence electrons. The second-order valence-electron chi connectivity index (χ2n) is 2.51. The summed E-state index contributed by atoms with van der Waals surface area (Å²) in [5.74, 6) is -0.984. The molecule has 1 atom stereocenters. The van der Waals surface area contributed by atoms with E-state index >= 15 is 0 Å². The maximum atomic E-state index is 10.8. The Kier molecular flexibility index (Phi) is 1.78. The van der Waals surface area contributed by atoms with Crippen molar-refractivity contribution in [2.24, 2.45) is 14.8 Å². The topological polar surface area (TPSA) is 88.0 Å². The van der Waals surface area contributed by atoms with Crippen LogP contribution < -0.4 is 5.14 Å². The van der Waals surface area contributed by atoms with Gasteiger partial charge in [0.15, 0.2) is 0 Å². The molecule has 1 aromatic rings. The third-order valence-electron chi connectivity index (χ3n) is 1.72. The van der Waals surface area contributed by atoms with E-state index in [1.165, 1.54) is 6.07 Å². The normalized spacial score (nSPS) is 21.5. The lowest BCUT2D eigenvalue weighted by Crippen LogP contribution is -2.01. The zero-order valence-corrected chi connectivity index (χ0v) is 7.40. The van der Waals surface area contributed by atoms with Crippen LogP contribution in [0.15, 0.2) is 32.7 Å². The van der Waals surface area contributed by atoms with Gasteiger partial charge in [-0.3, -0.25) is 5.14 Å². The number of carboxylic acids is 1. The van der Waals surface area contributed by atoms with Crippen molar-refractivity contribution in [1.29, 1.82) is 0 Å². The van der Waals surface area contributed by atoms with Crippen molar-refractivity contribution < 1.29 is 9.90 Å². The number of thiol groups is 1. The van der Waals surface area contributed by atoms with Crippen molar-refractivity contribution in [3.05, 3.63) is 23.8 Å². The molecule has 0 bridgehead atoms. The molecule has 0 aliphatic carbocycles. The van der Waals surface area contributed by atoms with E-state index < -0.39 is 17.2 Å². The van der Waals surface area contributed by atoms with Gasteiger partial charge in [0.2, 0.25) is 0 Å². The van der Waals surface area contributed by atoms with Crippen LogP contribution in [0.1, 0.15) is 10.4 Å². The number of nitrogens with zero attached hydrogens (tertiary/aromatic N) is 2. The van der Waals surface area contributed by atoms with Crippen LogP contribution in [0, 0.1) is 0 Å². The second-order valence-corrected chi connectivity index (χ2v) is 3.83. The molecule has 0 radical (unpaired) electrons. The molecule has 0 aromatic heterocycles. The summed E-state index contributed by atoms with van der Waals surface area (Å²) in [6.07, 6.45) is 0. The molecule has 1 aliphatic heterocycles. The maximum Gasteiger partial charge on any atom is 0.336 e. The first-order chi connectivity index (χ1) is 6.20. The van der Waals surface area contributed by atoms with Crippen LogP contribution in [-0.4, -0.2) is 11.1 Å². The van der Waals surface area contributed by atoms with Crippen LogP contribution >= 0.6 is 11.3 Å². The van der Waals surface area contributed by atoms with Crippen LogP contribution in [0.25, 0.3) is 0 Å². The molecule has 1 aromatic carbocycles. The standard InChI is InChI=1S/C7H7N3O2S/c8-13-6-4(7(11)12)2-1-3-5(6)9-10-13/h1-3,13H,8H2,(H,11,12). The zero-order valence-electron chi connectivity index (χ0n) is 6.51. The van der Waals surface area contributed by atoms with Gasteiger partial charge in [-0.05, 0) is 12.1 Å². The third kappa shape index (κ3) is 1.20. The highest BCUT2D eigenvalue weighted by molar-refractivity contribution is 8.14. The molecule has 1 aliphatic rings.